The Morgan fingerprint density at radius 2 is 1.53 bits per heavy atom. The van der Waals surface area contributed by atoms with Gasteiger partial charge in [-0.2, -0.15) is 8.42 Å². The van der Waals surface area contributed by atoms with Crippen molar-refractivity contribution < 1.29 is 26.9 Å². The molecule has 3 aromatic rings. The molecule has 0 unspecified atom stereocenters. The van der Waals surface area contributed by atoms with Crippen LogP contribution in [-0.4, -0.2) is 27.3 Å². The van der Waals surface area contributed by atoms with Gasteiger partial charge in [0.15, 0.2) is 11.5 Å². The van der Waals surface area contributed by atoms with Crippen LogP contribution >= 0.6 is 0 Å². The summed E-state index contributed by atoms with van der Waals surface area (Å²) < 4.78 is 35.8. The van der Waals surface area contributed by atoms with E-state index < -0.39 is 21.9 Å². The Balaban J connectivity index is 1.69. The third kappa shape index (κ3) is 4.13. The van der Waals surface area contributed by atoms with Crippen molar-refractivity contribution in [3.8, 4) is 11.5 Å². The maximum absolute atomic E-state index is 12.6. The van der Waals surface area contributed by atoms with Crippen LogP contribution in [0.2, 0.25) is 0 Å². The summed E-state index contributed by atoms with van der Waals surface area (Å²) in [6.45, 7) is 1.86. The van der Waals surface area contributed by atoms with Crippen molar-refractivity contribution in [1.29, 1.82) is 0 Å². The van der Waals surface area contributed by atoms with Crippen LogP contribution < -0.4 is 14.2 Å². The summed E-state index contributed by atoms with van der Waals surface area (Å²) in [4.78, 5) is 24.5. The van der Waals surface area contributed by atoms with Crippen molar-refractivity contribution in [2.45, 2.75) is 11.8 Å². The molecular weight excluding hydrogens is 430 g/mol. The molecule has 1 heterocycles. The summed E-state index contributed by atoms with van der Waals surface area (Å²) in [6, 6.07) is 17.7. The summed E-state index contributed by atoms with van der Waals surface area (Å²) in [5, 5.41) is 2.32. The Hall–Kier alpha value is -3.91. The zero-order valence-electron chi connectivity index (χ0n) is 17.3. The molecule has 0 saturated heterocycles. The SMILES string of the molecule is COc1cc(/C=C2/C(=O)NC(=O)c3ccccc32)ccc1OS(=O)(=O)c1ccc(C)cc1. The van der Waals surface area contributed by atoms with E-state index in [-0.39, 0.29) is 16.4 Å². The average molecular weight is 449 g/mol. The second kappa shape index (κ2) is 8.32. The summed E-state index contributed by atoms with van der Waals surface area (Å²) >= 11 is 0. The fourth-order valence-corrected chi connectivity index (χ4v) is 4.24. The molecule has 0 atom stereocenters. The first-order valence-electron chi connectivity index (χ1n) is 9.64. The lowest BCUT2D eigenvalue weighted by Gasteiger charge is -2.18. The number of benzene rings is 3. The van der Waals surface area contributed by atoms with Gasteiger partial charge in [0.25, 0.3) is 11.8 Å². The van der Waals surface area contributed by atoms with Crippen LogP contribution in [0.15, 0.2) is 71.6 Å². The van der Waals surface area contributed by atoms with Crippen LogP contribution in [-0.2, 0) is 14.9 Å². The van der Waals surface area contributed by atoms with Crippen LogP contribution in [0, 0.1) is 6.92 Å². The monoisotopic (exact) mass is 449 g/mol. The number of ether oxygens (including phenoxy) is 1. The highest BCUT2D eigenvalue weighted by molar-refractivity contribution is 7.87. The highest BCUT2D eigenvalue weighted by Gasteiger charge is 2.27. The number of carbonyl (C=O) groups is 2. The van der Waals surface area contributed by atoms with E-state index in [2.05, 4.69) is 5.32 Å². The topological polar surface area (TPSA) is 98.8 Å². The molecule has 0 spiro atoms. The summed E-state index contributed by atoms with van der Waals surface area (Å²) in [5.41, 5.74) is 2.71. The predicted octanol–water partition coefficient (Wildman–Crippen LogP) is 3.58. The number of hydrogen-bond acceptors (Lipinski definition) is 6. The molecular formula is C24H19NO6S. The molecule has 1 aliphatic rings. The van der Waals surface area contributed by atoms with Gasteiger partial charge in [0.1, 0.15) is 4.90 Å². The molecule has 0 fully saturated rings. The maximum Gasteiger partial charge on any atom is 0.339 e. The largest absolute Gasteiger partial charge is 0.493 e. The van der Waals surface area contributed by atoms with E-state index in [1.807, 2.05) is 6.92 Å². The van der Waals surface area contributed by atoms with E-state index in [1.54, 1.807) is 54.6 Å². The van der Waals surface area contributed by atoms with Gasteiger partial charge < -0.3 is 8.92 Å². The van der Waals surface area contributed by atoms with E-state index >= 15 is 0 Å². The predicted molar refractivity (Wildman–Crippen MR) is 119 cm³/mol. The molecule has 2 amide bonds. The van der Waals surface area contributed by atoms with Crippen molar-refractivity contribution in [3.05, 3.63) is 89.0 Å². The van der Waals surface area contributed by atoms with E-state index in [9.17, 15) is 18.0 Å². The van der Waals surface area contributed by atoms with Crippen LogP contribution in [0.25, 0.3) is 11.6 Å². The Bertz CT molecular complexity index is 1360. The van der Waals surface area contributed by atoms with Crippen molar-refractivity contribution in [1.82, 2.24) is 5.32 Å². The minimum Gasteiger partial charge on any atom is -0.493 e. The number of fused-ring (bicyclic) bond motifs is 1. The number of methoxy groups -OCH3 is 1. The summed E-state index contributed by atoms with van der Waals surface area (Å²) in [5.74, 6) is -0.783. The van der Waals surface area contributed by atoms with Crippen molar-refractivity contribution in [3.63, 3.8) is 0 Å². The number of aryl methyl sites for hydroxylation is 1. The highest BCUT2D eigenvalue weighted by atomic mass is 32.2. The molecule has 1 N–H and O–H groups in total. The first kappa shape index (κ1) is 21.3. The number of carbonyl (C=O) groups excluding carboxylic acids is 2. The van der Waals surface area contributed by atoms with Crippen molar-refractivity contribution in [2.24, 2.45) is 0 Å². The zero-order chi connectivity index (χ0) is 22.9. The average Bonchev–Trinajstić information content (AvgIpc) is 2.77. The smallest absolute Gasteiger partial charge is 0.339 e. The van der Waals surface area contributed by atoms with Gasteiger partial charge in [-0.05, 0) is 54.5 Å². The van der Waals surface area contributed by atoms with Crippen molar-refractivity contribution >= 4 is 33.6 Å². The number of amides is 2. The second-order valence-corrected chi connectivity index (χ2v) is 8.69. The Morgan fingerprint density at radius 3 is 2.22 bits per heavy atom. The molecule has 8 heteroatoms. The molecule has 4 rings (SSSR count). The number of nitrogens with one attached hydrogen (secondary N) is 1. The van der Waals surface area contributed by atoms with Gasteiger partial charge in [0.2, 0.25) is 0 Å². The van der Waals surface area contributed by atoms with Crippen LogP contribution in [0.3, 0.4) is 0 Å². The number of rotatable bonds is 5. The van der Waals surface area contributed by atoms with Gasteiger partial charge in [-0.25, -0.2) is 0 Å². The number of imide groups is 1. The second-order valence-electron chi connectivity index (χ2n) is 7.15. The molecule has 7 nitrogen and oxygen atoms in total. The Morgan fingerprint density at radius 1 is 0.844 bits per heavy atom. The molecule has 0 bridgehead atoms. The highest BCUT2D eigenvalue weighted by Crippen LogP contribution is 2.33. The summed E-state index contributed by atoms with van der Waals surface area (Å²) in [7, 11) is -2.67. The van der Waals surface area contributed by atoms with Gasteiger partial charge in [-0.15, -0.1) is 0 Å². The van der Waals surface area contributed by atoms with Gasteiger partial charge in [0.05, 0.1) is 7.11 Å². The van der Waals surface area contributed by atoms with Gasteiger partial charge in [-0.3, -0.25) is 14.9 Å². The van der Waals surface area contributed by atoms with E-state index in [0.717, 1.165) is 5.56 Å². The molecule has 3 aromatic carbocycles. The third-order valence-corrected chi connectivity index (χ3v) is 6.19. The third-order valence-electron chi connectivity index (χ3n) is 4.94. The molecule has 0 aromatic heterocycles. The van der Waals surface area contributed by atoms with Crippen molar-refractivity contribution in [2.75, 3.05) is 7.11 Å². The molecule has 0 radical (unpaired) electrons. The lowest BCUT2D eigenvalue weighted by atomic mass is 9.93. The molecule has 0 saturated carbocycles. The number of hydrogen-bond donors (Lipinski definition) is 1. The quantitative estimate of drug-likeness (QED) is 0.363. The van der Waals surface area contributed by atoms with E-state index in [0.29, 0.717) is 22.3 Å². The fraction of sp³-hybridized carbons (Fsp3) is 0.0833. The van der Waals surface area contributed by atoms with E-state index in [1.165, 1.54) is 25.3 Å². The zero-order valence-corrected chi connectivity index (χ0v) is 18.1. The molecule has 32 heavy (non-hydrogen) atoms. The minimum atomic E-state index is -4.05. The lowest BCUT2D eigenvalue weighted by Crippen LogP contribution is -2.36. The Labute approximate surface area is 185 Å². The molecule has 0 aliphatic carbocycles. The van der Waals surface area contributed by atoms with E-state index in [4.69, 9.17) is 8.92 Å². The first-order valence-corrected chi connectivity index (χ1v) is 11.1. The summed E-state index contributed by atoms with van der Waals surface area (Å²) in [6.07, 6.45) is 1.60. The first-order chi connectivity index (χ1) is 15.3. The molecule has 1 aliphatic heterocycles. The Kier molecular flexibility index (Phi) is 5.54. The van der Waals surface area contributed by atoms with Crippen LogP contribution in [0.5, 0.6) is 11.5 Å². The maximum atomic E-state index is 12.6. The molecule has 162 valence electrons. The van der Waals surface area contributed by atoms with Crippen LogP contribution in [0.4, 0.5) is 0 Å². The van der Waals surface area contributed by atoms with Gasteiger partial charge >= 0.3 is 10.1 Å². The minimum absolute atomic E-state index is 0.0129. The fourth-order valence-electron chi connectivity index (χ4n) is 3.30. The lowest BCUT2D eigenvalue weighted by molar-refractivity contribution is -0.114. The van der Waals surface area contributed by atoms with Gasteiger partial charge in [0, 0.05) is 11.1 Å². The van der Waals surface area contributed by atoms with Crippen LogP contribution in [0.1, 0.15) is 27.0 Å². The van der Waals surface area contributed by atoms with Gasteiger partial charge in [-0.1, -0.05) is 42.0 Å². The normalized spacial score (nSPS) is 14.6. The standard InChI is InChI=1S/C24H19NO6S/c1-15-7-10-17(11-8-15)32(28,29)31-21-12-9-16(14-22(21)30-2)13-20-18-5-3-4-6-19(18)23(26)25-24(20)27/h3-14H,1-2H3,(H,25,26,27)/b20-13+.